The highest BCUT2D eigenvalue weighted by atomic mass is 35.5. The summed E-state index contributed by atoms with van der Waals surface area (Å²) in [7, 11) is 0. The first-order valence-corrected chi connectivity index (χ1v) is 7.13. The monoisotopic (exact) mass is 321 g/mol. The first kappa shape index (κ1) is 15.5. The molecule has 2 aromatic carbocycles. The van der Waals surface area contributed by atoms with Crippen molar-refractivity contribution in [1.29, 1.82) is 5.26 Å². The van der Waals surface area contributed by atoms with Gasteiger partial charge in [0.05, 0.1) is 18.2 Å². The van der Waals surface area contributed by atoms with Crippen LogP contribution < -0.4 is 9.47 Å². The molecule has 0 heterocycles. The van der Waals surface area contributed by atoms with Crippen LogP contribution in [-0.4, -0.2) is 6.61 Å². The van der Waals surface area contributed by atoms with Gasteiger partial charge in [0.15, 0.2) is 11.5 Å². The molecule has 2 rings (SSSR count). The number of nitriles is 1. The quantitative estimate of drug-likeness (QED) is 0.791. The van der Waals surface area contributed by atoms with Gasteiger partial charge in [-0.2, -0.15) is 5.26 Å². The Kier molecular flexibility index (Phi) is 5.32. The molecule has 0 aromatic heterocycles. The summed E-state index contributed by atoms with van der Waals surface area (Å²) in [6.07, 6.45) is 0. The van der Waals surface area contributed by atoms with Crippen LogP contribution in [0.4, 0.5) is 0 Å². The smallest absolute Gasteiger partial charge is 0.162 e. The standard InChI is InChI=1S/C16H13Cl2NO2/c1-2-20-16-7-11(9-19)3-6-15(16)21-10-12-8-13(17)4-5-14(12)18/h3-8H,2,10H2,1H3. The van der Waals surface area contributed by atoms with Crippen molar-refractivity contribution in [1.82, 2.24) is 0 Å². The molecule has 0 fully saturated rings. The van der Waals surface area contributed by atoms with E-state index in [-0.39, 0.29) is 6.61 Å². The molecule has 108 valence electrons. The molecule has 0 aliphatic carbocycles. The van der Waals surface area contributed by atoms with Crippen LogP contribution in [0.5, 0.6) is 11.5 Å². The minimum absolute atomic E-state index is 0.269. The molecule has 2 aromatic rings. The van der Waals surface area contributed by atoms with Gasteiger partial charge in [-0.1, -0.05) is 23.2 Å². The topological polar surface area (TPSA) is 42.2 Å². The Morgan fingerprint density at radius 3 is 2.57 bits per heavy atom. The molecular formula is C16H13Cl2NO2. The molecule has 3 nitrogen and oxygen atoms in total. The van der Waals surface area contributed by atoms with Crippen LogP contribution in [0.25, 0.3) is 0 Å². The second-order valence-corrected chi connectivity index (χ2v) is 5.07. The first-order chi connectivity index (χ1) is 10.1. The molecule has 0 aliphatic heterocycles. The summed E-state index contributed by atoms with van der Waals surface area (Å²) in [4.78, 5) is 0. The lowest BCUT2D eigenvalue weighted by Gasteiger charge is -2.13. The normalized spacial score (nSPS) is 10.0. The van der Waals surface area contributed by atoms with E-state index in [0.717, 1.165) is 5.56 Å². The molecule has 0 spiro atoms. The Hall–Kier alpha value is -1.89. The van der Waals surface area contributed by atoms with Gasteiger partial charge >= 0.3 is 0 Å². The second-order valence-electron chi connectivity index (χ2n) is 4.23. The SMILES string of the molecule is CCOc1cc(C#N)ccc1OCc1cc(Cl)ccc1Cl. The van der Waals surface area contributed by atoms with Crippen LogP contribution in [0.15, 0.2) is 36.4 Å². The van der Waals surface area contributed by atoms with E-state index in [1.165, 1.54) is 0 Å². The lowest BCUT2D eigenvalue weighted by atomic mass is 10.2. The Bertz CT molecular complexity index is 680. The molecule has 0 atom stereocenters. The van der Waals surface area contributed by atoms with Gasteiger partial charge in [-0.15, -0.1) is 0 Å². The van der Waals surface area contributed by atoms with Gasteiger partial charge in [-0.05, 0) is 37.3 Å². The fourth-order valence-electron chi connectivity index (χ4n) is 1.77. The summed E-state index contributed by atoms with van der Waals surface area (Å²) in [5.41, 5.74) is 1.31. The molecule has 0 saturated carbocycles. The molecule has 0 N–H and O–H groups in total. The zero-order valence-electron chi connectivity index (χ0n) is 11.4. The van der Waals surface area contributed by atoms with Crippen molar-refractivity contribution in [3.8, 4) is 17.6 Å². The maximum atomic E-state index is 8.92. The van der Waals surface area contributed by atoms with Gasteiger partial charge in [0, 0.05) is 21.7 Å². The summed E-state index contributed by atoms with van der Waals surface area (Å²) in [6, 6.07) is 12.3. The fourth-order valence-corrected chi connectivity index (χ4v) is 2.14. The summed E-state index contributed by atoms with van der Waals surface area (Å²) in [5, 5.41) is 10.1. The van der Waals surface area contributed by atoms with Crippen molar-refractivity contribution in [3.05, 3.63) is 57.6 Å². The lowest BCUT2D eigenvalue weighted by Crippen LogP contribution is -2.00. The molecule has 0 bridgehead atoms. The Balaban J connectivity index is 2.19. The van der Waals surface area contributed by atoms with E-state index >= 15 is 0 Å². The molecule has 0 saturated heterocycles. The number of rotatable bonds is 5. The van der Waals surface area contributed by atoms with Gasteiger partial charge < -0.3 is 9.47 Å². The van der Waals surface area contributed by atoms with E-state index in [1.54, 1.807) is 36.4 Å². The maximum absolute atomic E-state index is 8.92. The van der Waals surface area contributed by atoms with Gasteiger partial charge in [0.25, 0.3) is 0 Å². The van der Waals surface area contributed by atoms with Gasteiger partial charge in [-0.25, -0.2) is 0 Å². The molecule has 21 heavy (non-hydrogen) atoms. The van der Waals surface area contributed by atoms with E-state index in [4.69, 9.17) is 37.9 Å². The minimum atomic E-state index is 0.269. The van der Waals surface area contributed by atoms with Crippen LogP contribution in [0, 0.1) is 11.3 Å². The predicted molar refractivity (Wildman–Crippen MR) is 83.1 cm³/mol. The zero-order valence-corrected chi connectivity index (χ0v) is 12.9. The second kappa shape index (κ2) is 7.21. The summed E-state index contributed by atoms with van der Waals surface area (Å²) in [6.45, 7) is 2.63. The van der Waals surface area contributed by atoms with E-state index in [0.29, 0.717) is 33.7 Å². The number of benzene rings is 2. The van der Waals surface area contributed by atoms with Crippen molar-refractivity contribution in [2.45, 2.75) is 13.5 Å². The van der Waals surface area contributed by atoms with Crippen molar-refractivity contribution >= 4 is 23.2 Å². The van der Waals surface area contributed by atoms with Crippen molar-refractivity contribution in [2.75, 3.05) is 6.61 Å². The van der Waals surface area contributed by atoms with Crippen LogP contribution >= 0.6 is 23.2 Å². The molecule has 0 aliphatic rings. The van der Waals surface area contributed by atoms with Gasteiger partial charge in [0.1, 0.15) is 6.61 Å². The third-order valence-electron chi connectivity index (χ3n) is 2.76. The summed E-state index contributed by atoms with van der Waals surface area (Å²) < 4.78 is 11.2. The zero-order chi connectivity index (χ0) is 15.2. The highest BCUT2D eigenvalue weighted by Gasteiger charge is 2.08. The molecule has 0 amide bonds. The van der Waals surface area contributed by atoms with Crippen LogP contribution in [0.3, 0.4) is 0 Å². The third-order valence-corrected chi connectivity index (χ3v) is 3.37. The number of nitrogens with zero attached hydrogens (tertiary/aromatic N) is 1. The van der Waals surface area contributed by atoms with Crippen LogP contribution in [0.1, 0.15) is 18.1 Å². The van der Waals surface area contributed by atoms with Crippen molar-refractivity contribution in [2.24, 2.45) is 0 Å². The van der Waals surface area contributed by atoms with Crippen molar-refractivity contribution in [3.63, 3.8) is 0 Å². The Labute approximate surface area is 133 Å². The Morgan fingerprint density at radius 2 is 1.86 bits per heavy atom. The molecule has 0 radical (unpaired) electrons. The highest BCUT2D eigenvalue weighted by molar-refractivity contribution is 6.33. The first-order valence-electron chi connectivity index (χ1n) is 6.37. The summed E-state index contributed by atoms with van der Waals surface area (Å²) >= 11 is 12.0. The predicted octanol–water partition coefficient (Wildman–Crippen LogP) is 4.84. The van der Waals surface area contributed by atoms with Crippen LogP contribution in [-0.2, 0) is 6.61 Å². The number of ether oxygens (including phenoxy) is 2. The fraction of sp³-hybridized carbons (Fsp3) is 0.188. The molecule has 0 unspecified atom stereocenters. The molecule has 5 heteroatoms. The van der Waals surface area contributed by atoms with Crippen LogP contribution in [0.2, 0.25) is 10.0 Å². The Morgan fingerprint density at radius 1 is 1.05 bits per heavy atom. The van der Waals surface area contributed by atoms with Gasteiger partial charge in [-0.3, -0.25) is 0 Å². The van der Waals surface area contributed by atoms with E-state index in [1.807, 2.05) is 6.92 Å². The number of halogens is 2. The average molecular weight is 322 g/mol. The maximum Gasteiger partial charge on any atom is 0.162 e. The van der Waals surface area contributed by atoms with Gasteiger partial charge in [0.2, 0.25) is 0 Å². The van der Waals surface area contributed by atoms with E-state index in [2.05, 4.69) is 6.07 Å². The molecular weight excluding hydrogens is 309 g/mol. The van der Waals surface area contributed by atoms with E-state index in [9.17, 15) is 0 Å². The minimum Gasteiger partial charge on any atom is -0.490 e. The summed E-state index contributed by atoms with van der Waals surface area (Å²) in [5.74, 6) is 1.10. The average Bonchev–Trinajstić information content (AvgIpc) is 2.49. The van der Waals surface area contributed by atoms with E-state index < -0.39 is 0 Å². The highest BCUT2D eigenvalue weighted by Crippen LogP contribution is 2.30. The lowest BCUT2D eigenvalue weighted by molar-refractivity contribution is 0.269. The van der Waals surface area contributed by atoms with Crippen molar-refractivity contribution < 1.29 is 9.47 Å². The third kappa shape index (κ3) is 4.04. The largest absolute Gasteiger partial charge is 0.490 e. The number of hydrogen-bond acceptors (Lipinski definition) is 3. The number of hydrogen-bond donors (Lipinski definition) is 0.